The van der Waals surface area contributed by atoms with Crippen LogP contribution < -0.4 is 5.32 Å². The van der Waals surface area contributed by atoms with Gasteiger partial charge in [-0.2, -0.15) is 0 Å². The van der Waals surface area contributed by atoms with E-state index in [9.17, 15) is 0 Å². The van der Waals surface area contributed by atoms with Crippen LogP contribution in [0, 0.1) is 5.92 Å². The summed E-state index contributed by atoms with van der Waals surface area (Å²) < 4.78 is 0. The summed E-state index contributed by atoms with van der Waals surface area (Å²) >= 11 is 1.75. The largest absolute Gasteiger partial charge is 0.351 e. The van der Waals surface area contributed by atoms with Crippen LogP contribution in [0.4, 0.5) is 0 Å². The van der Waals surface area contributed by atoms with Crippen molar-refractivity contribution >= 4 is 41.3 Å². The van der Waals surface area contributed by atoms with Crippen molar-refractivity contribution in [1.82, 2.24) is 15.2 Å². The van der Waals surface area contributed by atoms with E-state index in [1.807, 2.05) is 7.05 Å². The van der Waals surface area contributed by atoms with Gasteiger partial charge in [-0.15, -0.1) is 35.3 Å². The first kappa shape index (κ1) is 18.7. The van der Waals surface area contributed by atoms with Gasteiger partial charge in [-0.25, -0.2) is 4.98 Å². The molecular weight excluding hydrogens is 395 g/mol. The molecule has 6 heteroatoms. The van der Waals surface area contributed by atoms with Crippen molar-refractivity contribution in [2.45, 2.75) is 46.1 Å². The van der Waals surface area contributed by atoms with E-state index >= 15 is 0 Å². The molecule has 0 bridgehead atoms. The lowest BCUT2D eigenvalue weighted by Crippen LogP contribution is -2.45. The van der Waals surface area contributed by atoms with Gasteiger partial charge in [0.05, 0.1) is 17.2 Å². The summed E-state index contributed by atoms with van der Waals surface area (Å²) in [6, 6.07) is 0. The Morgan fingerprint density at radius 1 is 1.48 bits per heavy atom. The highest BCUT2D eigenvalue weighted by molar-refractivity contribution is 14.0. The minimum atomic E-state index is 0. The van der Waals surface area contributed by atoms with Gasteiger partial charge >= 0.3 is 0 Å². The second kappa shape index (κ2) is 8.92. The molecule has 0 amide bonds. The third-order valence-electron chi connectivity index (χ3n) is 3.79. The predicted octanol–water partition coefficient (Wildman–Crippen LogP) is 3.69. The second-order valence-electron chi connectivity index (χ2n) is 5.90. The third-order valence-corrected chi connectivity index (χ3v) is 4.98. The molecule has 2 rings (SSSR count). The second-order valence-corrected chi connectivity index (χ2v) is 6.79. The summed E-state index contributed by atoms with van der Waals surface area (Å²) in [6.45, 7) is 9.68. The van der Waals surface area contributed by atoms with Gasteiger partial charge in [-0.05, 0) is 18.8 Å². The quantitative estimate of drug-likeness (QED) is 0.459. The Balaban J connectivity index is 0.00000220. The van der Waals surface area contributed by atoms with Crippen LogP contribution in [0.3, 0.4) is 0 Å². The Labute approximate surface area is 149 Å². The Morgan fingerprint density at radius 2 is 2.14 bits per heavy atom. The molecule has 0 radical (unpaired) electrons. The fraction of sp³-hybridized carbons (Fsp3) is 0.733. The maximum absolute atomic E-state index is 4.66. The molecule has 0 unspecified atom stereocenters. The van der Waals surface area contributed by atoms with Gasteiger partial charge in [-0.1, -0.05) is 20.8 Å². The Bertz CT molecular complexity index is 450. The smallest absolute Gasteiger partial charge is 0.193 e. The summed E-state index contributed by atoms with van der Waals surface area (Å²) in [6.07, 6.45) is 2.52. The van der Waals surface area contributed by atoms with E-state index in [0.29, 0.717) is 5.92 Å². The molecule has 0 aliphatic carbocycles. The zero-order chi connectivity index (χ0) is 14.5. The van der Waals surface area contributed by atoms with E-state index in [0.717, 1.165) is 37.2 Å². The lowest BCUT2D eigenvalue weighted by Gasteiger charge is -2.32. The molecule has 1 saturated heterocycles. The van der Waals surface area contributed by atoms with Crippen molar-refractivity contribution in [3.05, 3.63) is 16.1 Å². The summed E-state index contributed by atoms with van der Waals surface area (Å²) in [4.78, 5) is 11.4. The van der Waals surface area contributed by atoms with E-state index in [2.05, 4.69) is 46.3 Å². The number of nitrogens with one attached hydrogen (secondary N) is 1. The third kappa shape index (κ3) is 5.39. The Kier molecular flexibility index (Phi) is 7.94. The van der Waals surface area contributed by atoms with Gasteiger partial charge in [0.2, 0.25) is 0 Å². The highest BCUT2D eigenvalue weighted by Crippen LogP contribution is 2.19. The number of rotatable bonds is 3. The number of hydrogen-bond acceptors (Lipinski definition) is 3. The van der Waals surface area contributed by atoms with Crippen LogP contribution in [0.2, 0.25) is 0 Å². The van der Waals surface area contributed by atoms with Crippen LogP contribution in [0.25, 0.3) is 0 Å². The van der Waals surface area contributed by atoms with E-state index in [1.165, 1.54) is 17.8 Å². The van der Waals surface area contributed by atoms with Crippen LogP contribution in [0.15, 0.2) is 10.4 Å². The highest BCUT2D eigenvalue weighted by Gasteiger charge is 2.18. The van der Waals surface area contributed by atoms with E-state index in [-0.39, 0.29) is 24.0 Å². The number of piperidine rings is 1. The molecule has 1 aliphatic heterocycles. The predicted molar refractivity (Wildman–Crippen MR) is 102 cm³/mol. The number of aliphatic imine (C=N–C) groups is 1. The molecule has 2 heterocycles. The van der Waals surface area contributed by atoms with Crippen LogP contribution in [0.5, 0.6) is 0 Å². The molecule has 1 aromatic heterocycles. The first-order valence-electron chi connectivity index (χ1n) is 7.50. The van der Waals surface area contributed by atoms with Crippen molar-refractivity contribution in [2.24, 2.45) is 10.9 Å². The van der Waals surface area contributed by atoms with Crippen LogP contribution in [-0.2, 0) is 6.54 Å². The average Bonchev–Trinajstić information content (AvgIpc) is 2.90. The molecule has 0 atom stereocenters. The monoisotopic (exact) mass is 422 g/mol. The zero-order valence-electron chi connectivity index (χ0n) is 13.4. The first-order valence-corrected chi connectivity index (χ1v) is 8.38. The van der Waals surface area contributed by atoms with Crippen molar-refractivity contribution in [1.29, 1.82) is 0 Å². The van der Waals surface area contributed by atoms with Gasteiger partial charge in [0.15, 0.2) is 5.96 Å². The minimum absolute atomic E-state index is 0. The average molecular weight is 422 g/mol. The maximum Gasteiger partial charge on any atom is 0.193 e. The first-order chi connectivity index (χ1) is 9.60. The molecule has 4 nitrogen and oxygen atoms in total. The zero-order valence-corrected chi connectivity index (χ0v) is 16.6. The SMILES string of the molecule is CN=C(NCc1csc(C(C)C)n1)N1CCC(C)CC1.I. The maximum atomic E-state index is 4.66. The Hall–Kier alpha value is -0.370. The van der Waals surface area contributed by atoms with Crippen LogP contribution >= 0.6 is 35.3 Å². The molecule has 0 saturated carbocycles. The van der Waals surface area contributed by atoms with Gasteiger partial charge in [0, 0.05) is 31.4 Å². The molecule has 1 aromatic rings. The molecular formula is C15H27IN4S. The number of guanidine groups is 1. The standard InChI is InChI=1S/C15H26N4S.HI/c1-11(2)14-18-13(10-20-14)9-17-15(16-4)19-7-5-12(3)6-8-19;/h10-12H,5-9H2,1-4H3,(H,16,17);1H. The molecule has 21 heavy (non-hydrogen) atoms. The molecule has 0 spiro atoms. The molecule has 1 aliphatic rings. The van der Waals surface area contributed by atoms with Gasteiger partial charge in [0.1, 0.15) is 0 Å². The van der Waals surface area contributed by atoms with E-state index in [1.54, 1.807) is 11.3 Å². The van der Waals surface area contributed by atoms with Crippen LogP contribution in [-0.4, -0.2) is 36.0 Å². The lowest BCUT2D eigenvalue weighted by atomic mass is 10.00. The fourth-order valence-electron chi connectivity index (χ4n) is 2.39. The van der Waals surface area contributed by atoms with E-state index < -0.39 is 0 Å². The van der Waals surface area contributed by atoms with Gasteiger partial charge in [-0.3, -0.25) is 4.99 Å². The fourth-order valence-corrected chi connectivity index (χ4v) is 3.23. The van der Waals surface area contributed by atoms with Crippen molar-refractivity contribution in [2.75, 3.05) is 20.1 Å². The van der Waals surface area contributed by atoms with Gasteiger partial charge in [0.25, 0.3) is 0 Å². The number of hydrogen-bond donors (Lipinski definition) is 1. The van der Waals surface area contributed by atoms with Crippen LogP contribution in [0.1, 0.15) is 50.2 Å². The summed E-state index contributed by atoms with van der Waals surface area (Å²) in [5, 5.41) is 6.80. The molecule has 0 aromatic carbocycles. The van der Waals surface area contributed by atoms with E-state index in [4.69, 9.17) is 0 Å². The highest BCUT2D eigenvalue weighted by atomic mass is 127. The van der Waals surface area contributed by atoms with Gasteiger partial charge < -0.3 is 10.2 Å². The summed E-state index contributed by atoms with van der Waals surface area (Å²) in [5.74, 6) is 2.36. The number of nitrogens with zero attached hydrogens (tertiary/aromatic N) is 3. The molecule has 120 valence electrons. The van der Waals surface area contributed by atoms with Crippen molar-refractivity contribution in [3.63, 3.8) is 0 Å². The summed E-state index contributed by atoms with van der Waals surface area (Å²) in [5.41, 5.74) is 1.12. The van der Waals surface area contributed by atoms with Crippen molar-refractivity contribution < 1.29 is 0 Å². The minimum Gasteiger partial charge on any atom is -0.351 e. The molecule has 1 N–H and O–H groups in total. The number of thiazole rings is 1. The lowest BCUT2D eigenvalue weighted by molar-refractivity contribution is 0.273. The normalized spacial score (nSPS) is 17.0. The number of aromatic nitrogens is 1. The Morgan fingerprint density at radius 3 is 2.67 bits per heavy atom. The number of likely N-dealkylation sites (tertiary alicyclic amines) is 1. The topological polar surface area (TPSA) is 40.5 Å². The summed E-state index contributed by atoms with van der Waals surface area (Å²) in [7, 11) is 1.86. The molecule has 1 fully saturated rings. The number of halogens is 1. The van der Waals surface area contributed by atoms with Crippen molar-refractivity contribution in [3.8, 4) is 0 Å².